The van der Waals surface area contributed by atoms with Crippen molar-refractivity contribution in [3.8, 4) is 0 Å². The van der Waals surface area contributed by atoms with Crippen LogP contribution in [0.25, 0.3) is 0 Å². The molecule has 5 heteroatoms. The summed E-state index contributed by atoms with van der Waals surface area (Å²) in [4.78, 5) is 9.41. The largest absolute Gasteiger partial charge is 0.370 e. The highest BCUT2D eigenvalue weighted by Gasteiger charge is 2.28. The Labute approximate surface area is 112 Å². The Bertz CT molecular complexity index is 452. The third kappa shape index (κ3) is 2.21. The van der Waals surface area contributed by atoms with Crippen LogP contribution < -0.4 is 5.32 Å². The Morgan fingerprint density at radius 3 is 2.94 bits per heavy atom. The number of fused-ring (bicyclic) bond motifs is 1. The highest BCUT2D eigenvalue weighted by molar-refractivity contribution is 7.98. The van der Waals surface area contributed by atoms with Gasteiger partial charge in [-0.25, -0.2) is 9.97 Å². The van der Waals surface area contributed by atoms with Crippen LogP contribution in [0.4, 0.5) is 5.82 Å². The van der Waals surface area contributed by atoms with E-state index >= 15 is 0 Å². The molecule has 0 aromatic carbocycles. The van der Waals surface area contributed by atoms with Gasteiger partial charge in [-0.3, -0.25) is 0 Å². The molecule has 0 bridgehead atoms. The van der Waals surface area contributed by atoms with Gasteiger partial charge in [-0.2, -0.15) is 11.8 Å². The molecule has 1 N–H and O–H groups in total. The number of thioether (sulfide) groups is 1. The van der Waals surface area contributed by atoms with Crippen molar-refractivity contribution in [2.45, 2.75) is 50.4 Å². The lowest BCUT2D eigenvalue weighted by Crippen LogP contribution is -2.12. The van der Waals surface area contributed by atoms with Crippen LogP contribution in [0, 0.1) is 0 Å². The van der Waals surface area contributed by atoms with E-state index < -0.39 is 0 Å². The summed E-state index contributed by atoms with van der Waals surface area (Å²) in [7, 11) is 0. The van der Waals surface area contributed by atoms with E-state index in [0.717, 1.165) is 42.5 Å². The number of hydrogen-bond donors (Lipinski definition) is 1. The first kappa shape index (κ1) is 12.2. The monoisotopic (exact) mass is 265 g/mol. The molecule has 1 aromatic heterocycles. The van der Waals surface area contributed by atoms with Gasteiger partial charge < -0.3 is 10.1 Å². The maximum atomic E-state index is 5.88. The Kier molecular flexibility index (Phi) is 3.43. The first-order valence-corrected chi connectivity index (χ1v) is 7.80. The normalized spacial score (nSPS) is 26.3. The summed E-state index contributed by atoms with van der Waals surface area (Å²) in [5.41, 5.74) is 2.49. The van der Waals surface area contributed by atoms with E-state index in [9.17, 15) is 0 Å². The Morgan fingerprint density at radius 2 is 2.22 bits per heavy atom. The fourth-order valence-corrected chi connectivity index (χ4v) is 3.56. The number of nitrogens with one attached hydrogen (secondary N) is 1. The highest BCUT2D eigenvalue weighted by atomic mass is 32.2. The minimum absolute atomic E-state index is 0.0910. The molecule has 1 aromatic rings. The molecule has 1 saturated heterocycles. The third-order valence-corrected chi connectivity index (χ3v) is 4.43. The summed E-state index contributed by atoms with van der Waals surface area (Å²) in [5.74, 6) is 3.92. The van der Waals surface area contributed by atoms with Crippen molar-refractivity contribution < 1.29 is 4.74 Å². The molecular formula is C13H19N3OS. The van der Waals surface area contributed by atoms with Crippen molar-refractivity contribution >= 4 is 17.6 Å². The lowest BCUT2D eigenvalue weighted by atomic mass is 10.2. The van der Waals surface area contributed by atoms with Crippen molar-refractivity contribution in [2.24, 2.45) is 0 Å². The molecular weight excluding hydrogens is 246 g/mol. The van der Waals surface area contributed by atoms with E-state index in [1.54, 1.807) is 0 Å². The van der Waals surface area contributed by atoms with Crippen LogP contribution >= 0.6 is 11.8 Å². The second-order valence-corrected chi connectivity index (χ2v) is 5.88. The van der Waals surface area contributed by atoms with Crippen LogP contribution in [0.15, 0.2) is 0 Å². The number of hydrogen-bond acceptors (Lipinski definition) is 5. The van der Waals surface area contributed by atoms with Crippen molar-refractivity contribution in [3.05, 3.63) is 17.1 Å². The molecule has 0 saturated carbocycles. The molecule has 2 atom stereocenters. The fourth-order valence-electron chi connectivity index (χ4n) is 2.52. The van der Waals surface area contributed by atoms with E-state index in [1.807, 2.05) is 11.8 Å². The van der Waals surface area contributed by atoms with Crippen molar-refractivity contribution in [2.75, 3.05) is 11.9 Å². The molecule has 0 aliphatic carbocycles. The molecule has 0 radical (unpaired) electrons. The smallest absolute Gasteiger partial charge is 0.159 e. The fraction of sp³-hybridized carbons (Fsp3) is 0.692. The molecule has 4 nitrogen and oxygen atoms in total. The van der Waals surface area contributed by atoms with Crippen LogP contribution in [0.1, 0.15) is 49.9 Å². The van der Waals surface area contributed by atoms with Crippen LogP contribution in [0.3, 0.4) is 0 Å². The zero-order valence-electron chi connectivity index (χ0n) is 10.9. The molecule has 2 aliphatic rings. The zero-order valence-corrected chi connectivity index (χ0v) is 11.7. The van der Waals surface area contributed by atoms with Crippen molar-refractivity contribution in [1.29, 1.82) is 0 Å². The van der Waals surface area contributed by atoms with Gasteiger partial charge in [0.05, 0.1) is 11.8 Å². The molecule has 3 rings (SSSR count). The number of aromatic nitrogens is 2. The predicted molar refractivity (Wildman–Crippen MR) is 73.7 cm³/mol. The van der Waals surface area contributed by atoms with Crippen molar-refractivity contribution in [1.82, 2.24) is 9.97 Å². The third-order valence-electron chi connectivity index (χ3n) is 3.46. The van der Waals surface area contributed by atoms with Gasteiger partial charge in [0.25, 0.3) is 0 Å². The van der Waals surface area contributed by atoms with Gasteiger partial charge in [-0.15, -0.1) is 0 Å². The maximum absolute atomic E-state index is 5.88. The summed E-state index contributed by atoms with van der Waals surface area (Å²) in [6, 6.07) is 0. The molecule has 3 heterocycles. The summed E-state index contributed by atoms with van der Waals surface area (Å²) < 4.78 is 5.88. The molecule has 0 spiro atoms. The lowest BCUT2D eigenvalue weighted by Gasteiger charge is -2.14. The quantitative estimate of drug-likeness (QED) is 0.910. The minimum Gasteiger partial charge on any atom is -0.370 e. The number of anilines is 1. The van der Waals surface area contributed by atoms with Gasteiger partial charge in [0.2, 0.25) is 0 Å². The molecule has 98 valence electrons. The van der Waals surface area contributed by atoms with Gasteiger partial charge in [0.15, 0.2) is 5.82 Å². The number of rotatable bonds is 3. The van der Waals surface area contributed by atoms with Crippen molar-refractivity contribution in [3.63, 3.8) is 0 Å². The van der Waals surface area contributed by atoms with E-state index in [4.69, 9.17) is 9.72 Å². The number of nitrogens with zero attached hydrogens (tertiary/aromatic N) is 2. The lowest BCUT2D eigenvalue weighted by molar-refractivity contribution is 0.0502. The molecule has 2 unspecified atom stereocenters. The summed E-state index contributed by atoms with van der Waals surface area (Å²) in [5, 5.41) is 3.36. The average Bonchev–Trinajstić information content (AvgIpc) is 2.97. The summed E-state index contributed by atoms with van der Waals surface area (Å²) in [6.45, 7) is 5.12. The molecule has 2 aliphatic heterocycles. The Balaban J connectivity index is 1.93. The SMILES string of the molecule is CCNc1nc(C2CCC(C)O2)nc2c1CSC2. The predicted octanol–water partition coefficient (Wildman–Crippen LogP) is 2.90. The standard InChI is InChI=1S/C13H19N3OS/c1-3-14-12-9-6-18-7-10(9)15-13(16-12)11-5-4-8(2)17-11/h8,11H,3-7H2,1-2H3,(H,14,15,16). The van der Waals surface area contributed by atoms with Crippen LogP contribution in [-0.4, -0.2) is 22.6 Å². The van der Waals surface area contributed by atoms with Crippen LogP contribution in [-0.2, 0) is 16.2 Å². The highest BCUT2D eigenvalue weighted by Crippen LogP contribution is 2.36. The number of ether oxygens (including phenoxy) is 1. The van der Waals surface area contributed by atoms with Crippen LogP contribution in [0.5, 0.6) is 0 Å². The summed E-state index contributed by atoms with van der Waals surface area (Å²) in [6.07, 6.45) is 2.58. The van der Waals surface area contributed by atoms with Crippen LogP contribution in [0.2, 0.25) is 0 Å². The van der Waals surface area contributed by atoms with E-state index in [2.05, 4.69) is 24.1 Å². The summed E-state index contributed by atoms with van der Waals surface area (Å²) >= 11 is 1.91. The Morgan fingerprint density at radius 1 is 1.33 bits per heavy atom. The molecule has 1 fully saturated rings. The van der Waals surface area contributed by atoms with Gasteiger partial charge in [-0.05, 0) is 26.7 Å². The second kappa shape index (κ2) is 5.05. The zero-order chi connectivity index (χ0) is 12.5. The van der Waals surface area contributed by atoms with E-state index in [-0.39, 0.29) is 6.10 Å². The first-order chi connectivity index (χ1) is 8.78. The van der Waals surface area contributed by atoms with E-state index in [1.165, 1.54) is 11.3 Å². The van der Waals surface area contributed by atoms with Gasteiger partial charge in [-0.1, -0.05) is 0 Å². The van der Waals surface area contributed by atoms with Gasteiger partial charge in [0.1, 0.15) is 11.9 Å². The topological polar surface area (TPSA) is 47.0 Å². The minimum atomic E-state index is 0.0910. The molecule has 0 amide bonds. The van der Waals surface area contributed by atoms with Gasteiger partial charge >= 0.3 is 0 Å². The maximum Gasteiger partial charge on any atom is 0.159 e. The second-order valence-electron chi connectivity index (χ2n) is 4.89. The molecule has 18 heavy (non-hydrogen) atoms. The average molecular weight is 265 g/mol. The Hall–Kier alpha value is -0.810. The van der Waals surface area contributed by atoms with E-state index in [0.29, 0.717) is 6.10 Å². The first-order valence-electron chi connectivity index (χ1n) is 6.64. The van der Waals surface area contributed by atoms with Gasteiger partial charge in [0, 0.05) is 23.6 Å².